The maximum atomic E-state index is 13.0. The highest BCUT2D eigenvalue weighted by molar-refractivity contribution is 7.89. The lowest BCUT2D eigenvalue weighted by atomic mass is 10.1. The summed E-state index contributed by atoms with van der Waals surface area (Å²) in [5.74, 6) is -0.299. The fourth-order valence-electron chi connectivity index (χ4n) is 2.70. The summed E-state index contributed by atoms with van der Waals surface area (Å²) in [6.07, 6.45) is 0. The van der Waals surface area contributed by atoms with Gasteiger partial charge in [0, 0.05) is 26.7 Å². The average molecular weight is 404 g/mol. The molecule has 0 saturated carbocycles. The first-order valence-corrected chi connectivity index (χ1v) is 10.6. The van der Waals surface area contributed by atoms with Gasteiger partial charge in [0.05, 0.1) is 15.1 Å². The minimum Gasteiger partial charge on any atom is -0.287 e. The zero-order valence-corrected chi connectivity index (χ0v) is 17.5. The van der Waals surface area contributed by atoms with Gasteiger partial charge in [-0.1, -0.05) is 23.5 Å². The first-order chi connectivity index (χ1) is 12.6. The molecule has 1 amide bonds. The van der Waals surface area contributed by atoms with Crippen LogP contribution in [0.15, 0.2) is 41.3 Å². The zero-order chi connectivity index (χ0) is 19.9. The van der Waals surface area contributed by atoms with Crippen molar-refractivity contribution in [3.63, 3.8) is 0 Å². The predicted octanol–water partition coefficient (Wildman–Crippen LogP) is 3.44. The van der Waals surface area contributed by atoms with Gasteiger partial charge in [0.25, 0.3) is 5.91 Å². The van der Waals surface area contributed by atoms with Crippen LogP contribution in [0.1, 0.15) is 21.5 Å². The third-order valence-corrected chi connectivity index (χ3v) is 7.55. The molecule has 1 heterocycles. The first kappa shape index (κ1) is 19.5. The Kier molecular flexibility index (Phi) is 5.07. The molecule has 0 radical (unpaired) electrons. The number of hydrogen-bond acceptors (Lipinski definition) is 5. The molecular weight excluding hydrogens is 382 g/mol. The molecular formula is C19H21N3O3S2. The van der Waals surface area contributed by atoms with E-state index in [2.05, 4.69) is 4.98 Å². The van der Waals surface area contributed by atoms with Gasteiger partial charge < -0.3 is 0 Å². The highest BCUT2D eigenvalue weighted by Gasteiger charge is 2.25. The van der Waals surface area contributed by atoms with Crippen molar-refractivity contribution in [2.75, 3.05) is 26.0 Å². The van der Waals surface area contributed by atoms with E-state index in [0.717, 1.165) is 20.1 Å². The number of para-hydroxylation sites is 1. The lowest BCUT2D eigenvalue weighted by molar-refractivity contribution is 0.0992. The number of anilines is 1. The molecule has 6 nitrogen and oxygen atoms in total. The quantitative estimate of drug-likeness (QED) is 0.669. The summed E-state index contributed by atoms with van der Waals surface area (Å²) in [5.41, 5.74) is 2.54. The van der Waals surface area contributed by atoms with Crippen molar-refractivity contribution >= 4 is 42.6 Å². The Morgan fingerprint density at radius 2 is 1.74 bits per heavy atom. The number of carbonyl (C=O) groups is 1. The highest BCUT2D eigenvalue weighted by atomic mass is 32.2. The van der Waals surface area contributed by atoms with E-state index in [9.17, 15) is 13.2 Å². The molecule has 0 fully saturated rings. The van der Waals surface area contributed by atoms with Gasteiger partial charge >= 0.3 is 0 Å². The highest BCUT2D eigenvalue weighted by Crippen LogP contribution is 2.30. The minimum absolute atomic E-state index is 0.147. The number of benzene rings is 2. The molecule has 0 spiro atoms. The van der Waals surface area contributed by atoms with E-state index < -0.39 is 10.0 Å². The Hall–Kier alpha value is -2.29. The lowest BCUT2D eigenvalue weighted by Crippen LogP contribution is -2.28. The standard InChI is InChI=1S/C19H21N3O3S2/c1-12-10-14(11-17(13(12)2)27(24,25)21(3)4)18(23)22(5)19-20-15-8-6-7-9-16(15)26-19/h6-11H,1-5H3. The molecule has 0 atom stereocenters. The van der Waals surface area contributed by atoms with Crippen molar-refractivity contribution in [2.45, 2.75) is 18.7 Å². The van der Waals surface area contributed by atoms with E-state index >= 15 is 0 Å². The van der Waals surface area contributed by atoms with E-state index in [1.54, 1.807) is 27.0 Å². The number of thiazole rings is 1. The molecule has 0 aliphatic heterocycles. The van der Waals surface area contributed by atoms with Crippen LogP contribution in [0.3, 0.4) is 0 Å². The number of carbonyl (C=O) groups excluding carboxylic acids is 1. The third kappa shape index (κ3) is 3.47. The summed E-state index contributed by atoms with van der Waals surface area (Å²) in [4.78, 5) is 19.1. The minimum atomic E-state index is -3.65. The van der Waals surface area contributed by atoms with Crippen LogP contribution >= 0.6 is 11.3 Å². The summed E-state index contributed by atoms with van der Waals surface area (Å²) in [6.45, 7) is 3.55. The first-order valence-electron chi connectivity index (χ1n) is 8.30. The van der Waals surface area contributed by atoms with Crippen LogP contribution in [0.4, 0.5) is 5.13 Å². The molecule has 8 heteroatoms. The molecule has 3 aromatic rings. The van der Waals surface area contributed by atoms with Crippen LogP contribution < -0.4 is 4.90 Å². The maximum absolute atomic E-state index is 13.0. The SMILES string of the molecule is Cc1cc(C(=O)N(C)c2nc3ccccc3s2)cc(S(=O)(=O)N(C)C)c1C. The summed E-state index contributed by atoms with van der Waals surface area (Å²) in [7, 11) is 0.957. The molecule has 0 bridgehead atoms. The second kappa shape index (κ2) is 7.03. The van der Waals surface area contributed by atoms with Crippen molar-refractivity contribution in [2.24, 2.45) is 0 Å². The van der Waals surface area contributed by atoms with Gasteiger partial charge in [-0.05, 0) is 49.2 Å². The number of aromatic nitrogens is 1. The topological polar surface area (TPSA) is 70.6 Å². The summed E-state index contributed by atoms with van der Waals surface area (Å²) in [6, 6.07) is 10.8. The number of sulfonamides is 1. The summed E-state index contributed by atoms with van der Waals surface area (Å²) >= 11 is 1.42. The van der Waals surface area contributed by atoms with Crippen molar-refractivity contribution in [3.05, 3.63) is 53.1 Å². The van der Waals surface area contributed by atoms with E-state index in [0.29, 0.717) is 16.3 Å². The Morgan fingerprint density at radius 3 is 2.37 bits per heavy atom. The number of amides is 1. The van der Waals surface area contributed by atoms with Crippen molar-refractivity contribution in [3.8, 4) is 0 Å². The fourth-order valence-corrected chi connectivity index (χ4v) is 4.84. The van der Waals surface area contributed by atoms with Crippen molar-refractivity contribution in [1.82, 2.24) is 9.29 Å². The fraction of sp³-hybridized carbons (Fsp3) is 0.263. The van der Waals surface area contributed by atoms with E-state index in [1.165, 1.54) is 36.4 Å². The molecule has 3 rings (SSSR count). The second-order valence-electron chi connectivity index (χ2n) is 6.53. The van der Waals surface area contributed by atoms with Crippen LogP contribution in [0.2, 0.25) is 0 Å². The van der Waals surface area contributed by atoms with E-state index in [-0.39, 0.29) is 10.8 Å². The molecule has 0 aliphatic rings. The monoisotopic (exact) mass is 403 g/mol. The van der Waals surface area contributed by atoms with Gasteiger partial charge in [-0.3, -0.25) is 9.69 Å². The van der Waals surface area contributed by atoms with Crippen molar-refractivity contribution in [1.29, 1.82) is 0 Å². The van der Waals surface area contributed by atoms with Gasteiger partial charge in [-0.2, -0.15) is 0 Å². The number of nitrogens with zero attached hydrogens (tertiary/aromatic N) is 3. The van der Waals surface area contributed by atoms with Crippen LogP contribution in [-0.2, 0) is 10.0 Å². The molecule has 0 unspecified atom stereocenters. The summed E-state index contributed by atoms with van der Waals surface area (Å²) < 4.78 is 27.4. The van der Waals surface area contributed by atoms with E-state index in [1.807, 2.05) is 24.3 Å². The van der Waals surface area contributed by atoms with Gasteiger partial charge in [0.15, 0.2) is 5.13 Å². The molecule has 0 aliphatic carbocycles. The van der Waals surface area contributed by atoms with Gasteiger partial charge in [-0.15, -0.1) is 0 Å². The molecule has 27 heavy (non-hydrogen) atoms. The van der Waals surface area contributed by atoms with Crippen LogP contribution in [-0.4, -0.2) is 44.8 Å². The van der Waals surface area contributed by atoms with Gasteiger partial charge in [0.2, 0.25) is 10.0 Å². The van der Waals surface area contributed by atoms with Crippen LogP contribution in [0.25, 0.3) is 10.2 Å². The van der Waals surface area contributed by atoms with E-state index in [4.69, 9.17) is 0 Å². The smallest absolute Gasteiger partial charge is 0.259 e. The Balaban J connectivity index is 2.05. The predicted molar refractivity (Wildman–Crippen MR) is 109 cm³/mol. The Labute approximate surface area is 163 Å². The molecule has 0 N–H and O–H groups in total. The lowest BCUT2D eigenvalue weighted by Gasteiger charge is -2.18. The second-order valence-corrected chi connectivity index (χ2v) is 9.66. The zero-order valence-electron chi connectivity index (χ0n) is 15.8. The van der Waals surface area contributed by atoms with Gasteiger partial charge in [-0.25, -0.2) is 17.7 Å². The van der Waals surface area contributed by atoms with Crippen molar-refractivity contribution < 1.29 is 13.2 Å². The molecule has 0 saturated heterocycles. The largest absolute Gasteiger partial charge is 0.287 e. The normalized spacial score (nSPS) is 11.9. The molecule has 142 valence electrons. The Bertz CT molecular complexity index is 1100. The number of fused-ring (bicyclic) bond motifs is 1. The maximum Gasteiger partial charge on any atom is 0.259 e. The number of hydrogen-bond donors (Lipinski definition) is 0. The van der Waals surface area contributed by atoms with Crippen LogP contribution in [0, 0.1) is 13.8 Å². The summed E-state index contributed by atoms with van der Waals surface area (Å²) in [5, 5.41) is 0.566. The molecule has 1 aromatic heterocycles. The van der Waals surface area contributed by atoms with Gasteiger partial charge in [0.1, 0.15) is 0 Å². The Morgan fingerprint density at radius 1 is 1.07 bits per heavy atom. The molecule has 2 aromatic carbocycles. The number of rotatable bonds is 4. The number of aryl methyl sites for hydroxylation is 1. The third-order valence-electron chi connectivity index (χ3n) is 4.50. The van der Waals surface area contributed by atoms with Crippen LogP contribution in [0.5, 0.6) is 0 Å². The average Bonchev–Trinajstić information content (AvgIpc) is 3.06.